The van der Waals surface area contributed by atoms with E-state index in [2.05, 4.69) is 24.5 Å². The van der Waals surface area contributed by atoms with Gasteiger partial charge in [-0.2, -0.15) is 17.6 Å². The first-order chi connectivity index (χ1) is 18.6. The van der Waals surface area contributed by atoms with E-state index in [9.17, 15) is 40.0 Å². The molecule has 0 aliphatic rings. The van der Waals surface area contributed by atoms with Gasteiger partial charge < -0.3 is 9.47 Å². The summed E-state index contributed by atoms with van der Waals surface area (Å²) in [5.74, 6) is -15.4. The average Bonchev–Trinajstić information content (AvgIpc) is 2.85. The van der Waals surface area contributed by atoms with Crippen molar-refractivity contribution in [3.8, 4) is 0 Å². The second-order valence-electron chi connectivity index (χ2n) is 10.4. The van der Waals surface area contributed by atoms with Gasteiger partial charge in [0.15, 0.2) is 21.3 Å². The number of ether oxygens (including phenoxy) is 2. The van der Waals surface area contributed by atoms with Gasteiger partial charge in [0, 0.05) is 11.7 Å². The molecule has 6 nitrogen and oxygen atoms in total. The van der Waals surface area contributed by atoms with Crippen molar-refractivity contribution in [3.63, 3.8) is 0 Å². The molecule has 16 heteroatoms. The van der Waals surface area contributed by atoms with Gasteiger partial charge >= 0.3 is 30.2 Å². The smallest absolute Gasteiger partial charge is 0.350 e. The first-order valence-corrected chi connectivity index (χ1v) is 14.1. The highest BCUT2D eigenvalue weighted by atomic mass is 32.2. The summed E-state index contributed by atoms with van der Waals surface area (Å²) in [6.45, 7) is 10.1. The van der Waals surface area contributed by atoms with Crippen LogP contribution in [-0.2, 0) is 28.9 Å². The lowest BCUT2D eigenvalue weighted by Gasteiger charge is -2.52. The lowest BCUT2D eigenvalue weighted by molar-refractivity contribution is -0.315. The third-order valence-corrected chi connectivity index (χ3v) is 8.37. The van der Waals surface area contributed by atoms with Crippen LogP contribution in [0.2, 0.25) is 0 Å². The Hall–Kier alpha value is -2.52. The van der Waals surface area contributed by atoms with Gasteiger partial charge in [0.05, 0.1) is 6.42 Å². The molecule has 0 rings (SSSR count). The molecule has 0 aliphatic carbocycles. The molecule has 0 saturated heterocycles. The first-order valence-electron chi connectivity index (χ1n) is 12.2. The molecule has 0 bridgehead atoms. The van der Waals surface area contributed by atoms with Gasteiger partial charge in [-0.05, 0) is 43.9 Å². The predicted octanol–water partition coefficient (Wildman–Crippen LogP) is 6.31. The monoisotopic (exact) mass is 646 g/mol. The van der Waals surface area contributed by atoms with Gasteiger partial charge in [-0.3, -0.25) is 9.59 Å². The number of carbonyl (C=O) groups excluding carboxylic acids is 2. The highest BCUT2D eigenvalue weighted by molar-refractivity contribution is 7.92. The lowest BCUT2D eigenvalue weighted by atomic mass is 9.61. The molecule has 0 amide bonds. The highest BCUT2D eigenvalue weighted by Gasteiger charge is 2.83. The Labute approximate surface area is 238 Å². The van der Waals surface area contributed by atoms with Crippen LogP contribution >= 0.6 is 0 Å². The number of carbonyl (C=O) groups is 2. The molecule has 0 aromatic carbocycles. The van der Waals surface area contributed by atoms with E-state index in [0.29, 0.717) is 20.1 Å². The number of esters is 2. The minimum absolute atomic E-state index is 0.0729. The van der Waals surface area contributed by atoms with E-state index in [1.807, 2.05) is 0 Å². The van der Waals surface area contributed by atoms with Gasteiger partial charge in [0.1, 0.15) is 13.2 Å². The van der Waals surface area contributed by atoms with Crippen molar-refractivity contribution in [1.29, 1.82) is 0 Å². The minimum Gasteiger partial charge on any atom is -0.465 e. The fraction of sp³-hybridized carbons (Fsp3) is 0.692. The van der Waals surface area contributed by atoms with E-state index < -0.39 is 105 Å². The van der Waals surface area contributed by atoms with Crippen molar-refractivity contribution in [1.82, 2.24) is 0 Å². The number of sulfone groups is 1. The van der Waals surface area contributed by atoms with Gasteiger partial charge in [0.25, 0.3) is 5.67 Å². The van der Waals surface area contributed by atoms with Crippen LogP contribution in [0.1, 0.15) is 47.5 Å². The SMILES string of the molecule is C=C(C)C(F)COC(=O)C(CC(=O)OCC(C)(CC)C(F)(C(=C)C)C(F)(F)C(F)(C(=C)C)C(F)(F)C(F)F)S(C)(=O)=O. The molecule has 42 heavy (non-hydrogen) atoms. The maximum Gasteiger partial charge on any atom is 0.350 e. The summed E-state index contributed by atoms with van der Waals surface area (Å²) in [7, 11) is -4.45. The zero-order valence-corrected chi connectivity index (χ0v) is 24.8. The molecule has 0 aliphatic heterocycles. The number of alkyl halides is 9. The van der Waals surface area contributed by atoms with Crippen molar-refractivity contribution in [2.24, 2.45) is 5.41 Å². The minimum atomic E-state index is -6.16. The number of halogens is 9. The van der Waals surface area contributed by atoms with Gasteiger partial charge in [0.2, 0.25) is 5.67 Å². The van der Waals surface area contributed by atoms with Crippen molar-refractivity contribution in [2.75, 3.05) is 19.5 Å². The third kappa shape index (κ3) is 7.16. The molecule has 0 radical (unpaired) electrons. The number of allylic oxidation sites excluding steroid dienone is 2. The quantitative estimate of drug-likeness (QED) is 0.105. The van der Waals surface area contributed by atoms with Gasteiger partial charge in [-0.25, -0.2) is 30.4 Å². The lowest BCUT2D eigenvalue weighted by Crippen LogP contribution is -2.72. The van der Waals surface area contributed by atoms with Crippen LogP contribution in [0.25, 0.3) is 0 Å². The molecule has 0 heterocycles. The summed E-state index contributed by atoms with van der Waals surface area (Å²) in [5.41, 5.74) is -16.4. The Morgan fingerprint density at radius 2 is 1.31 bits per heavy atom. The molecule has 244 valence electrons. The summed E-state index contributed by atoms with van der Waals surface area (Å²) in [5, 5.41) is -2.29. The Balaban J connectivity index is 6.52. The molecule has 0 aromatic rings. The average molecular weight is 647 g/mol. The normalized spacial score (nSPS) is 18.6. The number of hydrogen-bond acceptors (Lipinski definition) is 6. The highest BCUT2D eigenvalue weighted by Crippen LogP contribution is 2.62. The van der Waals surface area contributed by atoms with Crippen LogP contribution in [0, 0.1) is 5.41 Å². The number of hydrogen-bond donors (Lipinski definition) is 0. The summed E-state index contributed by atoms with van der Waals surface area (Å²) >= 11 is 0. The van der Waals surface area contributed by atoms with Crippen LogP contribution in [0.3, 0.4) is 0 Å². The molecule has 0 spiro atoms. The Kier molecular flexibility index (Phi) is 12.6. The predicted molar refractivity (Wildman–Crippen MR) is 136 cm³/mol. The van der Waals surface area contributed by atoms with E-state index in [1.165, 1.54) is 6.92 Å². The Morgan fingerprint density at radius 1 is 0.857 bits per heavy atom. The topological polar surface area (TPSA) is 86.7 Å². The summed E-state index contributed by atoms with van der Waals surface area (Å²) in [4.78, 5) is 24.7. The molecular weight excluding hydrogens is 611 g/mol. The maximum absolute atomic E-state index is 16.5. The van der Waals surface area contributed by atoms with Crippen molar-refractivity contribution in [3.05, 3.63) is 36.5 Å². The van der Waals surface area contributed by atoms with Crippen LogP contribution in [0.5, 0.6) is 0 Å². The molecule has 0 N–H and O–H groups in total. The largest absolute Gasteiger partial charge is 0.465 e. The van der Waals surface area contributed by atoms with Crippen LogP contribution in [-0.4, -0.2) is 80.9 Å². The Morgan fingerprint density at radius 3 is 1.64 bits per heavy atom. The van der Waals surface area contributed by atoms with Crippen molar-refractivity contribution < 1.29 is 67.0 Å². The van der Waals surface area contributed by atoms with Crippen molar-refractivity contribution >= 4 is 21.8 Å². The summed E-state index contributed by atoms with van der Waals surface area (Å²) in [6, 6.07) is 0. The molecule has 5 unspecified atom stereocenters. The van der Waals surface area contributed by atoms with Crippen LogP contribution in [0.4, 0.5) is 39.5 Å². The maximum atomic E-state index is 16.5. The zero-order valence-electron chi connectivity index (χ0n) is 23.9. The fourth-order valence-corrected chi connectivity index (χ4v) is 4.86. The first kappa shape index (κ1) is 39.5. The van der Waals surface area contributed by atoms with Gasteiger partial charge in [-0.1, -0.05) is 33.6 Å². The fourth-order valence-electron chi connectivity index (χ4n) is 4.01. The molecule has 0 saturated carbocycles. The summed E-state index contributed by atoms with van der Waals surface area (Å²) < 4.78 is 166. The Bertz CT molecular complexity index is 1170. The van der Waals surface area contributed by atoms with E-state index in [-0.39, 0.29) is 12.5 Å². The van der Waals surface area contributed by atoms with E-state index in [0.717, 1.165) is 6.92 Å². The zero-order chi connectivity index (χ0) is 33.9. The number of rotatable bonds is 17. The second kappa shape index (κ2) is 13.4. The van der Waals surface area contributed by atoms with Crippen LogP contribution < -0.4 is 0 Å². The van der Waals surface area contributed by atoms with Crippen LogP contribution in [0.15, 0.2) is 36.5 Å². The molecule has 5 atom stereocenters. The molecule has 0 aromatic heterocycles. The van der Waals surface area contributed by atoms with Crippen molar-refractivity contribution in [2.45, 2.75) is 88.5 Å². The third-order valence-electron chi connectivity index (χ3n) is 6.98. The molecular formula is C26H35F9O6S. The van der Waals surface area contributed by atoms with E-state index >= 15 is 17.6 Å². The second-order valence-corrected chi connectivity index (χ2v) is 12.6. The van der Waals surface area contributed by atoms with Gasteiger partial charge in [-0.15, -0.1) is 0 Å². The van der Waals surface area contributed by atoms with E-state index in [4.69, 9.17) is 4.74 Å². The standard InChI is InChI=1S/C26H35F9O6S/c1-10-22(8,13-41-19(36)11-18(42(9,38)39)20(37)40-12-17(27)14(2)3)23(30,15(4)5)26(34,35)24(31,16(6)7)25(32,33)21(28)29/h17-18,21H,2,4,6,10-13H2,1,3,5,7-9H3. The van der Waals surface area contributed by atoms with E-state index in [1.54, 1.807) is 0 Å². The molecule has 0 fully saturated rings. The summed E-state index contributed by atoms with van der Waals surface area (Å²) in [6.07, 6.45) is -8.58.